The lowest BCUT2D eigenvalue weighted by Gasteiger charge is -2.37. The predicted molar refractivity (Wildman–Crippen MR) is 95.1 cm³/mol. The topological polar surface area (TPSA) is 58.6 Å². The van der Waals surface area contributed by atoms with Gasteiger partial charge in [-0.25, -0.2) is 0 Å². The molecule has 24 heavy (non-hydrogen) atoms. The van der Waals surface area contributed by atoms with Crippen LogP contribution < -0.4 is 5.32 Å². The van der Waals surface area contributed by atoms with Gasteiger partial charge in [0.2, 0.25) is 5.91 Å². The first kappa shape index (κ1) is 17.1. The summed E-state index contributed by atoms with van der Waals surface area (Å²) in [5.74, 6) is -0.0335. The average Bonchev–Trinajstić information content (AvgIpc) is 3.17. The van der Waals surface area contributed by atoms with E-state index in [0.29, 0.717) is 26.1 Å². The Bertz CT molecular complexity index is 661. The second-order valence-electron chi connectivity index (χ2n) is 6.49. The molecule has 1 fully saturated rings. The molecule has 3 rings (SSSR count). The van der Waals surface area contributed by atoms with Crippen molar-refractivity contribution in [3.05, 3.63) is 58.3 Å². The smallest absolute Gasteiger partial charge is 0.230 e. The normalized spacial score (nSPS) is 19.4. The number of carbonyl (C=O) groups is 1. The molecule has 1 amide bonds. The number of hydrogen-bond acceptors (Lipinski definition) is 4. The fraction of sp³-hybridized carbons (Fsp3) is 0.421. The van der Waals surface area contributed by atoms with E-state index < -0.39 is 11.0 Å². The predicted octanol–water partition coefficient (Wildman–Crippen LogP) is 2.82. The number of benzene rings is 1. The summed E-state index contributed by atoms with van der Waals surface area (Å²) in [7, 11) is 0. The Morgan fingerprint density at radius 1 is 1.25 bits per heavy atom. The highest BCUT2D eigenvalue weighted by molar-refractivity contribution is 7.10. The van der Waals surface area contributed by atoms with Crippen LogP contribution in [0.1, 0.15) is 30.2 Å². The molecule has 0 unspecified atom stereocenters. The Morgan fingerprint density at radius 2 is 1.96 bits per heavy atom. The van der Waals surface area contributed by atoms with Crippen LogP contribution in [0.15, 0.2) is 47.8 Å². The molecule has 2 aromatic rings. The van der Waals surface area contributed by atoms with E-state index in [9.17, 15) is 9.90 Å². The number of carbonyl (C=O) groups excluding carboxylic acids is 1. The van der Waals surface area contributed by atoms with Crippen molar-refractivity contribution in [2.24, 2.45) is 0 Å². The number of amides is 1. The van der Waals surface area contributed by atoms with Crippen molar-refractivity contribution in [1.82, 2.24) is 5.32 Å². The minimum Gasteiger partial charge on any atom is -0.383 e. The van der Waals surface area contributed by atoms with Crippen LogP contribution >= 0.6 is 11.3 Å². The van der Waals surface area contributed by atoms with Gasteiger partial charge in [-0.3, -0.25) is 4.79 Å². The van der Waals surface area contributed by atoms with Crippen LogP contribution in [0.25, 0.3) is 0 Å². The van der Waals surface area contributed by atoms with Gasteiger partial charge in [0.05, 0.1) is 12.0 Å². The van der Waals surface area contributed by atoms with Crippen LogP contribution in [0.2, 0.25) is 0 Å². The molecule has 2 heterocycles. The summed E-state index contributed by atoms with van der Waals surface area (Å²) in [6, 6.07) is 13.7. The molecule has 0 bridgehead atoms. The molecule has 0 radical (unpaired) electrons. The molecular formula is C19H23NO3S. The molecule has 1 aromatic heterocycles. The quantitative estimate of drug-likeness (QED) is 0.876. The first-order valence-corrected chi connectivity index (χ1v) is 9.10. The van der Waals surface area contributed by atoms with E-state index in [1.54, 1.807) is 6.92 Å². The first-order chi connectivity index (χ1) is 11.5. The Labute approximate surface area is 146 Å². The van der Waals surface area contributed by atoms with Crippen molar-refractivity contribution < 1.29 is 14.6 Å². The minimum atomic E-state index is -1.06. The number of thiophene rings is 1. The molecule has 0 aliphatic carbocycles. The van der Waals surface area contributed by atoms with Gasteiger partial charge < -0.3 is 15.2 Å². The van der Waals surface area contributed by atoms with Gasteiger partial charge in [0.1, 0.15) is 5.60 Å². The maximum absolute atomic E-state index is 13.1. The summed E-state index contributed by atoms with van der Waals surface area (Å²) in [6.07, 6.45) is 1.31. The van der Waals surface area contributed by atoms with E-state index in [1.807, 2.05) is 47.8 Å². The second-order valence-corrected chi connectivity index (χ2v) is 7.44. The molecule has 1 saturated heterocycles. The van der Waals surface area contributed by atoms with Crippen LogP contribution in [0.3, 0.4) is 0 Å². The SMILES string of the molecule is C[C@@](O)(CNC(=O)C1(c2ccccc2)CCOCC1)c1cccs1. The number of ether oxygens (including phenoxy) is 1. The highest BCUT2D eigenvalue weighted by atomic mass is 32.1. The van der Waals surface area contributed by atoms with Gasteiger partial charge in [0.15, 0.2) is 0 Å². The lowest BCUT2D eigenvalue weighted by Crippen LogP contribution is -2.50. The van der Waals surface area contributed by atoms with Crippen molar-refractivity contribution in [3.63, 3.8) is 0 Å². The molecule has 1 atom stereocenters. The van der Waals surface area contributed by atoms with Gasteiger partial charge in [-0.1, -0.05) is 36.4 Å². The van der Waals surface area contributed by atoms with Crippen molar-refractivity contribution >= 4 is 17.2 Å². The lowest BCUT2D eigenvalue weighted by molar-refractivity contribution is -0.131. The van der Waals surface area contributed by atoms with Crippen molar-refractivity contribution in [2.75, 3.05) is 19.8 Å². The zero-order valence-corrected chi connectivity index (χ0v) is 14.6. The number of nitrogens with one attached hydrogen (secondary N) is 1. The van der Waals surface area contributed by atoms with Gasteiger partial charge >= 0.3 is 0 Å². The average molecular weight is 345 g/mol. The maximum atomic E-state index is 13.1. The highest BCUT2D eigenvalue weighted by Crippen LogP contribution is 2.35. The zero-order chi connectivity index (χ0) is 17.0. The Kier molecular flexibility index (Phi) is 5.04. The van der Waals surface area contributed by atoms with Crippen molar-refractivity contribution in [2.45, 2.75) is 30.8 Å². The highest BCUT2D eigenvalue weighted by Gasteiger charge is 2.42. The molecule has 5 heteroatoms. The van der Waals surface area contributed by atoms with E-state index in [0.717, 1.165) is 10.4 Å². The van der Waals surface area contributed by atoms with E-state index >= 15 is 0 Å². The third kappa shape index (κ3) is 3.38. The van der Waals surface area contributed by atoms with Gasteiger partial charge in [-0.15, -0.1) is 11.3 Å². The van der Waals surface area contributed by atoms with Gasteiger partial charge in [0.25, 0.3) is 0 Å². The standard InChI is InChI=1S/C19H23NO3S/c1-18(22,16-8-5-13-24-16)14-20-17(21)19(9-11-23-12-10-19)15-6-3-2-4-7-15/h2-8,13,22H,9-12,14H2,1H3,(H,20,21)/t18-/m1/s1. The largest absolute Gasteiger partial charge is 0.383 e. The summed E-state index contributed by atoms with van der Waals surface area (Å²) >= 11 is 1.49. The third-order valence-corrected chi connectivity index (χ3v) is 5.88. The van der Waals surface area contributed by atoms with Gasteiger partial charge in [-0.2, -0.15) is 0 Å². The molecule has 128 valence electrons. The van der Waals surface area contributed by atoms with E-state index in [4.69, 9.17) is 4.74 Å². The minimum absolute atomic E-state index is 0.0335. The summed E-state index contributed by atoms with van der Waals surface area (Å²) in [6.45, 7) is 3.08. The van der Waals surface area contributed by atoms with E-state index in [2.05, 4.69) is 5.32 Å². The fourth-order valence-corrected chi connectivity index (χ4v) is 4.00. The van der Waals surface area contributed by atoms with Gasteiger partial charge in [0, 0.05) is 18.1 Å². The number of aliphatic hydroxyl groups is 1. The van der Waals surface area contributed by atoms with Gasteiger partial charge in [-0.05, 0) is 36.8 Å². The Balaban J connectivity index is 1.78. The Hall–Kier alpha value is -1.69. The van der Waals surface area contributed by atoms with Crippen LogP contribution in [0.5, 0.6) is 0 Å². The summed E-state index contributed by atoms with van der Waals surface area (Å²) in [5.41, 5.74) is -0.626. The fourth-order valence-electron chi connectivity index (χ4n) is 3.22. The molecule has 4 nitrogen and oxygen atoms in total. The molecule has 1 aliphatic rings. The van der Waals surface area contributed by atoms with Crippen LogP contribution in [0, 0.1) is 0 Å². The summed E-state index contributed by atoms with van der Waals surface area (Å²) in [4.78, 5) is 13.9. The monoisotopic (exact) mass is 345 g/mol. The molecule has 1 aromatic carbocycles. The summed E-state index contributed by atoms with van der Waals surface area (Å²) < 4.78 is 5.47. The summed E-state index contributed by atoms with van der Waals surface area (Å²) in [5, 5.41) is 15.6. The zero-order valence-electron chi connectivity index (χ0n) is 13.8. The molecule has 0 spiro atoms. The van der Waals surface area contributed by atoms with Crippen LogP contribution in [-0.2, 0) is 20.5 Å². The first-order valence-electron chi connectivity index (χ1n) is 8.23. The molecule has 1 aliphatic heterocycles. The van der Waals surface area contributed by atoms with E-state index in [-0.39, 0.29) is 12.5 Å². The van der Waals surface area contributed by atoms with Crippen molar-refractivity contribution in [1.29, 1.82) is 0 Å². The van der Waals surface area contributed by atoms with Crippen molar-refractivity contribution in [3.8, 4) is 0 Å². The second kappa shape index (κ2) is 7.05. The molecule has 0 saturated carbocycles. The Morgan fingerprint density at radius 3 is 2.58 bits per heavy atom. The third-order valence-electron chi connectivity index (χ3n) is 4.75. The molecule has 2 N–H and O–H groups in total. The number of hydrogen-bond donors (Lipinski definition) is 2. The molecular weight excluding hydrogens is 322 g/mol. The van der Waals surface area contributed by atoms with E-state index in [1.165, 1.54) is 11.3 Å². The van der Waals surface area contributed by atoms with Crippen LogP contribution in [-0.4, -0.2) is 30.8 Å². The number of rotatable bonds is 5. The maximum Gasteiger partial charge on any atom is 0.230 e. The van der Waals surface area contributed by atoms with Crippen LogP contribution in [0.4, 0.5) is 0 Å². The lowest BCUT2D eigenvalue weighted by atomic mass is 9.73.